The lowest BCUT2D eigenvalue weighted by Gasteiger charge is -2.12. The first-order valence-corrected chi connectivity index (χ1v) is 6.06. The molecule has 5 nitrogen and oxygen atoms in total. The number of carbonyl (C=O) groups excluding carboxylic acids is 2. The van der Waals surface area contributed by atoms with Gasteiger partial charge in [-0.2, -0.15) is 0 Å². The van der Waals surface area contributed by atoms with E-state index in [9.17, 15) is 9.59 Å². The minimum Gasteiger partial charge on any atom is -0.330 e. The average molecular weight is 248 g/mol. The highest BCUT2D eigenvalue weighted by Crippen LogP contribution is 2.22. The number of unbranched alkanes of at least 4 members (excludes halogenated alkanes) is 2. The topological polar surface area (TPSA) is 72.6 Å². The Labute approximate surface area is 105 Å². The van der Waals surface area contributed by atoms with Gasteiger partial charge in [0.15, 0.2) is 0 Å². The van der Waals surface area contributed by atoms with Crippen LogP contribution in [0.5, 0.6) is 0 Å². The summed E-state index contributed by atoms with van der Waals surface area (Å²) in [5, 5.41) is 0.854. The Balaban J connectivity index is 1.93. The van der Waals surface area contributed by atoms with Crippen LogP contribution >= 0.6 is 0 Å². The zero-order valence-corrected chi connectivity index (χ0v) is 10.1. The van der Waals surface area contributed by atoms with E-state index >= 15 is 0 Å². The maximum Gasteiger partial charge on any atom is 0.285 e. The van der Waals surface area contributed by atoms with Gasteiger partial charge in [-0.25, -0.2) is 0 Å². The van der Waals surface area contributed by atoms with Gasteiger partial charge < -0.3 is 5.73 Å². The van der Waals surface area contributed by atoms with Gasteiger partial charge >= 0.3 is 0 Å². The second kappa shape index (κ2) is 5.75. The molecule has 0 unspecified atom stereocenters. The molecule has 1 heterocycles. The maximum atomic E-state index is 11.9. The van der Waals surface area contributed by atoms with Crippen LogP contribution in [0.15, 0.2) is 24.3 Å². The molecule has 0 saturated carbocycles. The Morgan fingerprint density at radius 2 is 1.61 bits per heavy atom. The van der Waals surface area contributed by atoms with E-state index in [0.29, 0.717) is 24.3 Å². The monoisotopic (exact) mass is 248 g/mol. The van der Waals surface area contributed by atoms with Gasteiger partial charge in [0.25, 0.3) is 11.8 Å². The first-order chi connectivity index (χ1) is 8.75. The number of rotatable bonds is 6. The number of hydrogen-bond acceptors (Lipinski definition) is 4. The molecule has 2 rings (SSSR count). The van der Waals surface area contributed by atoms with E-state index in [2.05, 4.69) is 0 Å². The number of nitrogens with zero attached hydrogens (tertiary/aromatic N) is 1. The SMILES string of the molecule is NCCCCCON1C(=O)c2ccccc2C1=O. The molecule has 5 heteroatoms. The van der Waals surface area contributed by atoms with Crippen molar-refractivity contribution in [2.45, 2.75) is 19.3 Å². The zero-order chi connectivity index (χ0) is 13.0. The predicted octanol–water partition coefficient (Wildman–Crippen LogP) is 1.34. The summed E-state index contributed by atoms with van der Waals surface area (Å²) in [7, 11) is 0. The van der Waals surface area contributed by atoms with Crippen LogP contribution in [0.25, 0.3) is 0 Å². The highest BCUT2D eigenvalue weighted by Gasteiger charge is 2.36. The molecule has 1 aliphatic heterocycles. The zero-order valence-electron chi connectivity index (χ0n) is 10.1. The number of carbonyl (C=O) groups is 2. The van der Waals surface area contributed by atoms with Gasteiger partial charge in [-0.1, -0.05) is 12.1 Å². The Hall–Kier alpha value is -1.72. The van der Waals surface area contributed by atoms with Crippen molar-refractivity contribution < 1.29 is 14.4 Å². The highest BCUT2D eigenvalue weighted by atomic mass is 16.7. The number of hydrogen-bond donors (Lipinski definition) is 1. The van der Waals surface area contributed by atoms with Crippen molar-refractivity contribution >= 4 is 11.8 Å². The number of fused-ring (bicyclic) bond motifs is 1. The summed E-state index contributed by atoms with van der Waals surface area (Å²) >= 11 is 0. The lowest BCUT2D eigenvalue weighted by Crippen LogP contribution is -2.30. The molecular weight excluding hydrogens is 232 g/mol. The third-order valence-corrected chi connectivity index (χ3v) is 2.83. The second-order valence-corrected chi connectivity index (χ2v) is 4.13. The molecule has 1 aromatic rings. The van der Waals surface area contributed by atoms with E-state index in [1.54, 1.807) is 24.3 Å². The summed E-state index contributed by atoms with van der Waals surface area (Å²) in [6.07, 6.45) is 2.63. The average Bonchev–Trinajstić information content (AvgIpc) is 2.64. The van der Waals surface area contributed by atoms with Gasteiger partial charge in [0.2, 0.25) is 0 Å². The molecular formula is C13H16N2O3. The summed E-state index contributed by atoms with van der Waals surface area (Å²) in [6, 6.07) is 6.73. The first kappa shape index (κ1) is 12.7. The van der Waals surface area contributed by atoms with Crippen LogP contribution in [-0.4, -0.2) is 30.0 Å². The van der Waals surface area contributed by atoms with Gasteiger partial charge in [-0.3, -0.25) is 14.4 Å². The molecule has 0 atom stereocenters. The van der Waals surface area contributed by atoms with E-state index in [1.165, 1.54) is 0 Å². The summed E-state index contributed by atoms with van der Waals surface area (Å²) in [5.74, 6) is -0.760. The molecule has 0 aromatic heterocycles. The van der Waals surface area contributed by atoms with Gasteiger partial charge in [0.05, 0.1) is 17.7 Å². The molecule has 1 aliphatic rings. The third kappa shape index (κ3) is 2.42. The first-order valence-electron chi connectivity index (χ1n) is 6.06. The van der Waals surface area contributed by atoms with Gasteiger partial charge in [0, 0.05) is 0 Å². The Morgan fingerprint density at radius 3 is 2.17 bits per heavy atom. The third-order valence-electron chi connectivity index (χ3n) is 2.83. The van der Waals surface area contributed by atoms with Crippen molar-refractivity contribution in [3.05, 3.63) is 35.4 Å². The minimum absolute atomic E-state index is 0.353. The van der Waals surface area contributed by atoms with Crippen molar-refractivity contribution in [2.24, 2.45) is 5.73 Å². The van der Waals surface area contributed by atoms with E-state index < -0.39 is 0 Å². The fourth-order valence-corrected chi connectivity index (χ4v) is 1.86. The van der Waals surface area contributed by atoms with Crippen molar-refractivity contribution in [1.82, 2.24) is 5.06 Å². The van der Waals surface area contributed by atoms with Crippen LogP contribution in [0.1, 0.15) is 40.0 Å². The minimum atomic E-state index is -0.380. The van der Waals surface area contributed by atoms with Crippen molar-refractivity contribution in [3.8, 4) is 0 Å². The van der Waals surface area contributed by atoms with Crippen molar-refractivity contribution in [3.63, 3.8) is 0 Å². The van der Waals surface area contributed by atoms with Crippen molar-refractivity contribution in [2.75, 3.05) is 13.2 Å². The fraction of sp³-hybridized carbons (Fsp3) is 0.385. The molecule has 2 N–H and O–H groups in total. The summed E-state index contributed by atoms with van der Waals surface area (Å²) < 4.78 is 0. The summed E-state index contributed by atoms with van der Waals surface area (Å²) in [4.78, 5) is 29.0. The van der Waals surface area contributed by atoms with E-state index in [4.69, 9.17) is 10.6 Å². The summed E-state index contributed by atoms with van der Waals surface area (Å²) in [5.41, 5.74) is 6.19. The van der Waals surface area contributed by atoms with Crippen LogP contribution in [0.4, 0.5) is 0 Å². The standard InChI is InChI=1S/C13H16N2O3/c14-8-4-1-5-9-18-15-12(16)10-6-2-3-7-11(10)13(15)17/h2-3,6-7H,1,4-5,8-9,14H2. The van der Waals surface area contributed by atoms with E-state index in [-0.39, 0.29) is 11.8 Å². The molecule has 0 bridgehead atoms. The number of nitrogens with two attached hydrogens (primary N) is 1. The van der Waals surface area contributed by atoms with Gasteiger partial charge in [-0.05, 0) is 37.9 Å². The summed E-state index contributed by atoms with van der Waals surface area (Å²) in [6.45, 7) is 0.998. The van der Waals surface area contributed by atoms with Gasteiger partial charge in [0.1, 0.15) is 0 Å². The quantitative estimate of drug-likeness (QED) is 0.609. The Kier molecular flexibility index (Phi) is 4.07. The number of benzene rings is 1. The van der Waals surface area contributed by atoms with Crippen LogP contribution in [0.2, 0.25) is 0 Å². The number of hydroxylamine groups is 2. The largest absolute Gasteiger partial charge is 0.330 e. The van der Waals surface area contributed by atoms with Crippen LogP contribution in [0.3, 0.4) is 0 Å². The van der Waals surface area contributed by atoms with Gasteiger partial charge in [-0.15, -0.1) is 5.06 Å². The normalized spacial score (nSPS) is 14.2. The second-order valence-electron chi connectivity index (χ2n) is 4.13. The molecule has 0 saturated heterocycles. The Morgan fingerprint density at radius 1 is 1.00 bits per heavy atom. The predicted molar refractivity (Wildman–Crippen MR) is 65.8 cm³/mol. The lowest BCUT2D eigenvalue weighted by atomic mass is 10.1. The van der Waals surface area contributed by atoms with Crippen molar-refractivity contribution in [1.29, 1.82) is 0 Å². The molecule has 0 fully saturated rings. The van der Waals surface area contributed by atoms with E-state index in [1.807, 2.05) is 0 Å². The highest BCUT2D eigenvalue weighted by molar-refractivity contribution is 6.20. The molecule has 2 amide bonds. The Bertz CT molecular complexity index is 424. The maximum absolute atomic E-state index is 11.9. The fourth-order valence-electron chi connectivity index (χ4n) is 1.86. The van der Waals surface area contributed by atoms with E-state index in [0.717, 1.165) is 24.3 Å². The van der Waals surface area contributed by atoms with Crippen LogP contribution < -0.4 is 5.73 Å². The number of imide groups is 1. The molecule has 1 aromatic carbocycles. The molecule has 0 aliphatic carbocycles. The molecule has 0 spiro atoms. The smallest absolute Gasteiger partial charge is 0.285 e. The van der Waals surface area contributed by atoms with Crippen LogP contribution in [0, 0.1) is 0 Å². The molecule has 96 valence electrons. The number of amides is 2. The molecule has 0 radical (unpaired) electrons. The molecule has 18 heavy (non-hydrogen) atoms. The van der Waals surface area contributed by atoms with Crippen LogP contribution in [-0.2, 0) is 4.84 Å². The lowest BCUT2D eigenvalue weighted by molar-refractivity contribution is -0.0922.